The van der Waals surface area contributed by atoms with E-state index in [0.717, 1.165) is 25.0 Å². The summed E-state index contributed by atoms with van der Waals surface area (Å²) in [6.45, 7) is 0.692. The lowest BCUT2D eigenvalue weighted by Crippen LogP contribution is -2.49. The van der Waals surface area contributed by atoms with E-state index < -0.39 is 17.2 Å². The van der Waals surface area contributed by atoms with Crippen molar-refractivity contribution < 1.29 is 32.6 Å². The Labute approximate surface area is 202 Å². The summed E-state index contributed by atoms with van der Waals surface area (Å²) in [7, 11) is 1.36. The number of rotatable bonds is 6. The maximum atomic E-state index is 13.4. The average molecular weight is 491 g/mol. The third-order valence-electron chi connectivity index (χ3n) is 7.35. The molecule has 2 aliphatic rings. The van der Waals surface area contributed by atoms with Crippen molar-refractivity contribution in [2.24, 2.45) is 0 Å². The van der Waals surface area contributed by atoms with Gasteiger partial charge in [-0.1, -0.05) is 18.2 Å². The van der Waals surface area contributed by atoms with Crippen molar-refractivity contribution in [1.29, 1.82) is 0 Å². The number of halogens is 3. The second-order valence-corrected chi connectivity index (χ2v) is 9.61. The van der Waals surface area contributed by atoms with E-state index in [-0.39, 0.29) is 35.1 Å². The van der Waals surface area contributed by atoms with Gasteiger partial charge in [-0.2, -0.15) is 13.2 Å². The number of esters is 1. The number of amides is 1. The van der Waals surface area contributed by atoms with Crippen molar-refractivity contribution in [2.75, 3.05) is 7.11 Å². The number of ether oxygens (including phenoxy) is 1. The minimum Gasteiger partial charge on any atom is -0.468 e. The first-order valence-corrected chi connectivity index (χ1v) is 11.7. The Hall–Kier alpha value is -2.94. The molecular weight excluding hydrogens is 461 g/mol. The van der Waals surface area contributed by atoms with Gasteiger partial charge in [0.15, 0.2) is 5.60 Å². The fourth-order valence-corrected chi connectivity index (χ4v) is 5.01. The molecule has 0 aliphatic heterocycles. The number of methoxy groups -OCH3 is 1. The summed E-state index contributed by atoms with van der Waals surface area (Å²) in [6, 6.07) is 10.4. The predicted octanol–water partition coefficient (Wildman–Crippen LogP) is 4.51. The standard InChI is InChI=1S/C26H29F3N2O4/c1-24(34,26(27,28)29)18-8-6-17(7-9-18)22(32)31(19-10-11-19)20-12-14-25(15-13-20,23(33)35-2)21-5-3-4-16-30-21/h3-9,16,19-20,34H,10-15H2,1-2H3/t20-,24-,25-/m0/s1. The van der Waals surface area contributed by atoms with Crippen LogP contribution in [0.15, 0.2) is 48.7 Å². The van der Waals surface area contributed by atoms with Crippen LogP contribution in [0.5, 0.6) is 0 Å². The molecule has 4 rings (SSSR count). The molecule has 0 spiro atoms. The van der Waals surface area contributed by atoms with E-state index >= 15 is 0 Å². The highest BCUT2D eigenvalue weighted by Gasteiger charge is 2.51. The lowest BCUT2D eigenvalue weighted by Gasteiger charge is -2.42. The van der Waals surface area contributed by atoms with Gasteiger partial charge in [0.25, 0.3) is 5.91 Å². The van der Waals surface area contributed by atoms with Crippen LogP contribution in [-0.2, 0) is 20.5 Å². The van der Waals surface area contributed by atoms with Gasteiger partial charge < -0.3 is 14.7 Å². The summed E-state index contributed by atoms with van der Waals surface area (Å²) < 4.78 is 44.6. The van der Waals surface area contributed by atoms with Crippen LogP contribution < -0.4 is 0 Å². The third-order valence-corrected chi connectivity index (χ3v) is 7.35. The monoisotopic (exact) mass is 490 g/mol. The summed E-state index contributed by atoms with van der Waals surface area (Å²) in [5, 5.41) is 9.91. The molecule has 2 saturated carbocycles. The van der Waals surface area contributed by atoms with Crippen LogP contribution in [0.2, 0.25) is 0 Å². The summed E-state index contributed by atoms with van der Waals surface area (Å²) >= 11 is 0. The zero-order chi connectivity index (χ0) is 25.4. The lowest BCUT2D eigenvalue weighted by molar-refractivity contribution is -0.258. The molecule has 2 aliphatic carbocycles. The van der Waals surface area contributed by atoms with Crippen molar-refractivity contribution >= 4 is 11.9 Å². The fraction of sp³-hybridized carbons (Fsp3) is 0.500. The Morgan fingerprint density at radius 3 is 2.11 bits per heavy atom. The van der Waals surface area contributed by atoms with Crippen LogP contribution in [0, 0.1) is 0 Å². The normalized spacial score (nSPS) is 24.3. The van der Waals surface area contributed by atoms with Crippen molar-refractivity contribution in [1.82, 2.24) is 9.88 Å². The van der Waals surface area contributed by atoms with E-state index in [2.05, 4.69) is 4.98 Å². The molecule has 1 aromatic heterocycles. The Kier molecular flexibility index (Phi) is 6.66. The summed E-state index contributed by atoms with van der Waals surface area (Å²) in [5.74, 6) is -0.592. The van der Waals surface area contributed by atoms with Gasteiger partial charge >= 0.3 is 12.1 Å². The van der Waals surface area contributed by atoms with E-state index in [1.807, 2.05) is 17.0 Å². The minimum atomic E-state index is -4.83. The quantitative estimate of drug-likeness (QED) is 0.603. The smallest absolute Gasteiger partial charge is 0.421 e. The van der Waals surface area contributed by atoms with E-state index in [4.69, 9.17) is 4.74 Å². The highest BCUT2D eigenvalue weighted by molar-refractivity contribution is 5.95. The van der Waals surface area contributed by atoms with Crippen LogP contribution in [0.25, 0.3) is 0 Å². The van der Waals surface area contributed by atoms with Crippen molar-refractivity contribution in [3.63, 3.8) is 0 Å². The van der Waals surface area contributed by atoms with Gasteiger partial charge in [0.05, 0.1) is 12.8 Å². The molecule has 1 heterocycles. The van der Waals surface area contributed by atoms with E-state index in [0.29, 0.717) is 38.3 Å². The van der Waals surface area contributed by atoms with Crippen LogP contribution in [0.1, 0.15) is 67.1 Å². The van der Waals surface area contributed by atoms with Crippen molar-refractivity contribution in [3.05, 3.63) is 65.5 Å². The molecule has 6 nitrogen and oxygen atoms in total. The molecule has 0 radical (unpaired) electrons. The first kappa shape index (κ1) is 25.2. The molecule has 188 valence electrons. The molecular formula is C26H29F3N2O4. The van der Waals surface area contributed by atoms with Gasteiger partial charge in [0.1, 0.15) is 5.41 Å². The second-order valence-electron chi connectivity index (χ2n) is 9.61. The first-order chi connectivity index (χ1) is 16.5. The van der Waals surface area contributed by atoms with Gasteiger partial charge in [0.2, 0.25) is 0 Å². The first-order valence-electron chi connectivity index (χ1n) is 11.7. The highest BCUT2D eigenvalue weighted by Crippen LogP contribution is 2.44. The Bertz CT molecular complexity index is 1060. The SMILES string of the molecule is COC(=O)[C@]1(c2ccccn2)CC[C@@H](N(C(=O)c2ccc([C@](C)(O)C(F)(F)F)cc2)C2CC2)CC1. The van der Waals surface area contributed by atoms with Crippen LogP contribution in [0.4, 0.5) is 13.2 Å². The number of hydrogen-bond donors (Lipinski definition) is 1. The molecule has 0 unspecified atom stereocenters. The highest BCUT2D eigenvalue weighted by atomic mass is 19.4. The number of aromatic nitrogens is 1. The van der Waals surface area contributed by atoms with Gasteiger partial charge in [0, 0.05) is 23.8 Å². The van der Waals surface area contributed by atoms with Gasteiger partial charge in [-0.15, -0.1) is 0 Å². The zero-order valence-corrected chi connectivity index (χ0v) is 19.7. The number of benzene rings is 1. The molecule has 2 fully saturated rings. The minimum absolute atomic E-state index is 0.0749. The molecule has 2 aromatic rings. The predicted molar refractivity (Wildman–Crippen MR) is 121 cm³/mol. The van der Waals surface area contributed by atoms with Gasteiger partial charge in [-0.3, -0.25) is 14.6 Å². The number of alkyl halides is 3. The van der Waals surface area contributed by atoms with Crippen molar-refractivity contribution in [3.8, 4) is 0 Å². The number of nitrogens with zero attached hydrogens (tertiary/aromatic N) is 2. The van der Waals surface area contributed by atoms with E-state index in [1.165, 1.54) is 19.2 Å². The number of aliphatic hydroxyl groups is 1. The maximum Gasteiger partial charge on any atom is 0.421 e. The Balaban J connectivity index is 1.53. The number of hydrogen-bond acceptors (Lipinski definition) is 5. The van der Waals surface area contributed by atoms with Crippen LogP contribution in [0.3, 0.4) is 0 Å². The summed E-state index contributed by atoms with van der Waals surface area (Å²) in [5.41, 5.74) is -3.27. The second kappa shape index (κ2) is 9.26. The zero-order valence-electron chi connectivity index (χ0n) is 19.7. The topological polar surface area (TPSA) is 79.7 Å². The van der Waals surface area contributed by atoms with Crippen LogP contribution in [-0.4, -0.2) is 52.2 Å². The Morgan fingerprint density at radius 1 is 1.03 bits per heavy atom. The molecule has 1 aromatic carbocycles. The van der Waals surface area contributed by atoms with Gasteiger partial charge in [-0.05, 0) is 75.3 Å². The Morgan fingerprint density at radius 2 is 1.63 bits per heavy atom. The average Bonchev–Trinajstić information content (AvgIpc) is 3.69. The largest absolute Gasteiger partial charge is 0.468 e. The number of carbonyl (C=O) groups is 2. The van der Waals surface area contributed by atoms with Gasteiger partial charge in [-0.25, -0.2) is 0 Å². The summed E-state index contributed by atoms with van der Waals surface area (Å²) in [6.07, 6.45) is 0.656. The molecule has 1 N–H and O–H groups in total. The fourth-order valence-electron chi connectivity index (χ4n) is 5.01. The summed E-state index contributed by atoms with van der Waals surface area (Å²) in [4.78, 5) is 32.5. The molecule has 35 heavy (non-hydrogen) atoms. The third kappa shape index (κ3) is 4.66. The molecule has 0 saturated heterocycles. The molecule has 1 atom stereocenters. The van der Waals surface area contributed by atoms with Crippen molar-refractivity contribution in [2.45, 2.75) is 74.7 Å². The maximum absolute atomic E-state index is 13.4. The molecule has 0 bridgehead atoms. The van der Waals surface area contributed by atoms with E-state index in [9.17, 15) is 27.9 Å². The lowest BCUT2D eigenvalue weighted by atomic mass is 9.69. The van der Waals surface area contributed by atoms with E-state index in [1.54, 1.807) is 12.3 Å². The number of carbonyl (C=O) groups excluding carboxylic acids is 2. The number of pyridine rings is 1. The van der Waals surface area contributed by atoms with Crippen LogP contribution >= 0.6 is 0 Å². The molecule has 9 heteroatoms. The molecule has 1 amide bonds.